The molecule has 2 rings (SSSR count). The summed E-state index contributed by atoms with van der Waals surface area (Å²) in [7, 11) is 0. The Balaban J connectivity index is 2.01. The zero-order valence-corrected chi connectivity index (χ0v) is 14.1. The third kappa shape index (κ3) is 4.09. The summed E-state index contributed by atoms with van der Waals surface area (Å²) in [5, 5.41) is 3.82. The number of hydrogen-bond donors (Lipinski definition) is 1. The van der Waals surface area contributed by atoms with Crippen molar-refractivity contribution in [3.63, 3.8) is 0 Å². The van der Waals surface area contributed by atoms with E-state index in [1.807, 2.05) is 0 Å². The van der Waals surface area contributed by atoms with Crippen LogP contribution in [-0.4, -0.2) is 6.04 Å². The average Bonchev–Trinajstić information content (AvgIpc) is 2.26. The largest absolute Gasteiger partial charge is 0.310 e. The molecule has 0 atom stereocenters. The predicted octanol–water partition coefficient (Wildman–Crippen LogP) is 5.00. The van der Waals surface area contributed by atoms with Gasteiger partial charge < -0.3 is 5.32 Å². The average molecular weight is 273 g/mol. The maximum absolute atomic E-state index is 3.82. The summed E-state index contributed by atoms with van der Waals surface area (Å²) in [5.41, 5.74) is 5.13. The smallest absolute Gasteiger partial charge is 0.0210 e. The molecule has 1 aliphatic carbocycles. The van der Waals surface area contributed by atoms with Crippen LogP contribution in [0.2, 0.25) is 0 Å². The number of aryl methyl sites for hydroxylation is 2. The standard InChI is InChI=1S/C19H31N/c1-14-7-8-15(2)16(9-14)12-20-17-10-18(3,4)13-19(5,6)11-17/h7-9,17,20H,10-13H2,1-6H3. The van der Waals surface area contributed by atoms with Crippen LogP contribution in [0, 0.1) is 24.7 Å². The van der Waals surface area contributed by atoms with E-state index in [1.165, 1.54) is 36.0 Å². The number of hydrogen-bond acceptors (Lipinski definition) is 1. The molecule has 0 radical (unpaired) electrons. The molecular weight excluding hydrogens is 242 g/mol. The van der Waals surface area contributed by atoms with E-state index < -0.39 is 0 Å². The van der Waals surface area contributed by atoms with E-state index in [1.54, 1.807) is 0 Å². The van der Waals surface area contributed by atoms with Crippen LogP contribution in [0.15, 0.2) is 18.2 Å². The quantitative estimate of drug-likeness (QED) is 0.817. The third-order valence-electron chi connectivity index (χ3n) is 4.64. The highest BCUT2D eigenvalue weighted by molar-refractivity contribution is 5.30. The van der Waals surface area contributed by atoms with Gasteiger partial charge in [0.15, 0.2) is 0 Å². The molecule has 0 aliphatic heterocycles. The molecule has 0 saturated heterocycles. The summed E-state index contributed by atoms with van der Waals surface area (Å²) in [6.07, 6.45) is 3.92. The SMILES string of the molecule is Cc1ccc(C)c(CNC2CC(C)(C)CC(C)(C)C2)c1. The molecule has 0 aromatic heterocycles. The van der Waals surface area contributed by atoms with Crippen LogP contribution in [0.4, 0.5) is 0 Å². The highest BCUT2D eigenvalue weighted by Gasteiger charge is 2.38. The van der Waals surface area contributed by atoms with Crippen LogP contribution < -0.4 is 5.32 Å². The van der Waals surface area contributed by atoms with E-state index >= 15 is 0 Å². The molecule has 20 heavy (non-hydrogen) atoms. The fourth-order valence-corrected chi connectivity index (χ4v) is 4.24. The van der Waals surface area contributed by atoms with Crippen LogP contribution in [0.3, 0.4) is 0 Å². The lowest BCUT2D eigenvalue weighted by molar-refractivity contribution is 0.0844. The lowest BCUT2D eigenvalue weighted by Gasteiger charge is -2.45. The van der Waals surface area contributed by atoms with Crippen molar-refractivity contribution in [2.45, 2.75) is 73.4 Å². The zero-order valence-electron chi connectivity index (χ0n) is 14.1. The summed E-state index contributed by atoms with van der Waals surface area (Å²) in [5.74, 6) is 0. The summed E-state index contributed by atoms with van der Waals surface area (Å²) < 4.78 is 0. The van der Waals surface area contributed by atoms with E-state index in [0.29, 0.717) is 16.9 Å². The Kier molecular flexibility index (Phi) is 4.30. The van der Waals surface area contributed by atoms with Gasteiger partial charge >= 0.3 is 0 Å². The fourth-order valence-electron chi connectivity index (χ4n) is 4.24. The van der Waals surface area contributed by atoms with Gasteiger partial charge in [-0.25, -0.2) is 0 Å². The minimum Gasteiger partial charge on any atom is -0.310 e. The van der Waals surface area contributed by atoms with Crippen molar-refractivity contribution in [2.75, 3.05) is 0 Å². The molecule has 1 nitrogen and oxygen atoms in total. The minimum atomic E-state index is 0.459. The Morgan fingerprint density at radius 2 is 1.65 bits per heavy atom. The Morgan fingerprint density at radius 3 is 2.25 bits per heavy atom. The van der Waals surface area contributed by atoms with Gasteiger partial charge in [-0.15, -0.1) is 0 Å². The van der Waals surface area contributed by atoms with Crippen molar-refractivity contribution in [2.24, 2.45) is 10.8 Å². The van der Waals surface area contributed by atoms with E-state index in [-0.39, 0.29) is 0 Å². The molecule has 0 unspecified atom stereocenters. The molecule has 1 heteroatoms. The first-order chi connectivity index (χ1) is 9.17. The second kappa shape index (κ2) is 5.52. The lowest BCUT2D eigenvalue weighted by Crippen LogP contribution is -2.43. The van der Waals surface area contributed by atoms with E-state index in [2.05, 4.69) is 65.1 Å². The number of nitrogens with one attached hydrogen (secondary N) is 1. The third-order valence-corrected chi connectivity index (χ3v) is 4.64. The maximum Gasteiger partial charge on any atom is 0.0210 e. The van der Waals surface area contributed by atoms with Gasteiger partial charge in [0.05, 0.1) is 0 Å². The molecule has 112 valence electrons. The molecule has 1 aromatic rings. The Labute approximate surface area is 125 Å². The van der Waals surface area contributed by atoms with Gasteiger partial charge in [-0.05, 0) is 55.1 Å². The first-order valence-electron chi connectivity index (χ1n) is 7.96. The van der Waals surface area contributed by atoms with Crippen LogP contribution >= 0.6 is 0 Å². The molecule has 0 heterocycles. The van der Waals surface area contributed by atoms with Crippen molar-refractivity contribution in [3.8, 4) is 0 Å². The zero-order chi connectivity index (χ0) is 15.0. The molecule has 1 aliphatic rings. The van der Waals surface area contributed by atoms with Gasteiger partial charge in [0.2, 0.25) is 0 Å². The Hall–Kier alpha value is -0.820. The predicted molar refractivity (Wildman–Crippen MR) is 88.0 cm³/mol. The van der Waals surface area contributed by atoms with Gasteiger partial charge in [0.1, 0.15) is 0 Å². The monoisotopic (exact) mass is 273 g/mol. The number of rotatable bonds is 3. The van der Waals surface area contributed by atoms with Gasteiger partial charge in [0, 0.05) is 12.6 Å². The molecule has 0 spiro atoms. The minimum absolute atomic E-state index is 0.459. The van der Waals surface area contributed by atoms with Crippen molar-refractivity contribution in [3.05, 3.63) is 34.9 Å². The highest BCUT2D eigenvalue weighted by atomic mass is 14.9. The second-order valence-corrected chi connectivity index (χ2v) is 8.42. The molecule has 1 aromatic carbocycles. The van der Waals surface area contributed by atoms with Crippen molar-refractivity contribution < 1.29 is 0 Å². The second-order valence-electron chi connectivity index (χ2n) is 8.42. The van der Waals surface area contributed by atoms with E-state index in [9.17, 15) is 0 Å². The Bertz CT molecular complexity index is 455. The van der Waals surface area contributed by atoms with Gasteiger partial charge in [0.25, 0.3) is 0 Å². The van der Waals surface area contributed by atoms with Gasteiger partial charge in [-0.3, -0.25) is 0 Å². The summed E-state index contributed by atoms with van der Waals surface area (Å²) in [6, 6.07) is 7.41. The van der Waals surface area contributed by atoms with Crippen molar-refractivity contribution >= 4 is 0 Å². The number of benzene rings is 1. The van der Waals surface area contributed by atoms with E-state index in [4.69, 9.17) is 0 Å². The fraction of sp³-hybridized carbons (Fsp3) is 0.684. The molecule has 0 amide bonds. The van der Waals surface area contributed by atoms with Crippen LogP contribution in [0.5, 0.6) is 0 Å². The topological polar surface area (TPSA) is 12.0 Å². The maximum atomic E-state index is 3.82. The first-order valence-corrected chi connectivity index (χ1v) is 7.96. The summed E-state index contributed by atoms with van der Waals surface area (Å²) >= 11 is 0. The lowest BCUT2D eigenvalue weighted by atomic mass is 9.63. The molecule has 1 saturated carbocycles. The normalized spacial score (nSPS) is 21.9. The molecule has 1 fully saturated rings. The van der Waals surface area contributed by atoms with Crippen LogP contribution in [0.25, 0.3) is 0 Å². The van der Waals surface area contributed by atoms with Crippen LogP contribution in [0.1, 0.15) is 63.6 Å². The van der Waals surface area contributed by atoms with Gasteiger partial charge in [-0.1, -0.05) is 51.5 Å². The van der Waals surface area contributed by atoms with E-state index in [0.717, 1.165) is 6.54 Å². The Morgan fingerprint density at radius 1 is 1.05 bits per heavy atom. The highest BCUT2D eigenvalue weighted by Crippen LogP contribution is 2.45. The molecular formula is C19H31N. The molecule has 0 bridgehead atoms. The van der Waals surface area contributed by atoms with Gasteiger partial charge in [-0.2, -0.15) is 0 Å². The summed E-state index contributed by atoms with van der Waals surface area (Å²) in [6.45, 7) is 15.1. The first kappa shape index (κ1) is 15.6. The van der Waals surface area contributed by atoms with Crippen LogP contribution in [-0.2, 0) is 6.54 Å². The molecule has 1 N–H and O–H groups in total. The van der Waals surface area contributed by atoms with Crippen molar-refractivity contribution in [1.82, 2.24) is 5.32 Å². The van der Waals surface area contributed by atoms with Crippen molar-refractivity contribution in [1.29, 1.82) is 0 Å². The summed E-state index contributed by atoms with van der Waals surface area (Å²) in [4.78, 5) is 0.